The summed E-state index contributed by atoms with van der Waals surface area (Å²) < 4.78 is 21.8. The van der Waals surface area contributed by atoms with Gasteiger partial charge in [0, 0.05) is 11.8 Å². The van der Waals surface area contributed by atoms with Gasteiger partial charge in [0.05, 0.1) is 13.2 Å². The molecule has 0 aliphatic carbocycles. The fourth-order valence-electron chi connectivity index (χ4n) is 0.663. The maximum Gasteiger partial charge on any atom is 0.361 e. The highest BCUT2D eigenvalue weighted by Crippen LogP contribution is 2.58. The third-order valence-electron chi connectivity index (χ3n) is 1.35. The van der Waals surface area contributed by atoms with Gasteiger partial charge < -0.3 is 14.2 Å². The molecule has 14 heavy (non-hydrogen) atoms. The summed E-state index contributed by atoms with van der Waals surface area (Å²) >= 11 is 10.8. The Morgan fingerprint density at radius 1 is 1.21 bits per heavy atom. The average Bonchev–Trinajstić information content (AvgIpc) is 2.09. The number of halogens is 2. The number of hydrogen-bond donors (Lipinski definition) is 1. The normalized spacial score (nSPS) is 13.2. The minimum Gasteiger partial charge on any atom is -0.378 e. The van der Waals surface area contributed by atoms with E-state index in [-0.39, 0.29) is 25.0 Å². The molecule has 0 bridgehead atoms. The Hall–Kier alpha value is 0.690. The molecule has 0 spiro atoms. The van der Waals surface area contributed by atoms with Crippen LogP contribution in [0.25, 0.3) is 0 Å². The van der Waals surface area contributed by atoms with Crippen LogP contribution in [0.3, 0.4) is 0 Å². The Kier molecular flexibility index (Phi) is 6.62. The van der Waals surface area contributed by atoms with E-state index in [1.807, 2.05) is 0 Å². The Balaban J connectivity index is 4.43. The number of hydrogen-bond acceptors (Lipinski definition) is 4. The van der Waals surface area contributed by atoms with E-state index in [4.69, 9.17) is 32.2 Å². The number of alkyl halides is 2. The van der Waals surface area contributed by atoms with Crippen LogP contribution in [0, 0.1) is 0 Å². The summed E-state index contributed by atoms with van der Waals surface area (Å²) in [4.78, 5) is 0. The van der Waals surface area contributed by atoms with E-state index in [1.165, 1.54) is 13.8 Å². The zero-order valence-corrected chi connectivity index (χ0v) is 10.6. The summed E-state index contributed by atoms with van der Waals surface area (Å²) in [5, 5.41) is 8.04. The van der Waals surface area contributed by atoms with Crippen LogP contribution < -0.4 is 0 Å². The summed E-state index contributed by atoms with van der Waals surface area (Å²) in [5.74, 6) is 0.370. The van der Waals surface area contributed by atoms with Crippen LogP contribution in [0.5, 0.6) is 0 Å². The number of aliphatic hydroxyl groups is 1. The minimum atomic E-state index is -3.55. The molecule has 7 heteroatoms. The second kappa shape index (κ2) is 6.31. The molecule has 0 aromatic carbocycles. The quantitative estimate of drug-likeness (QED) is 0.567. The lowest BCUT2D eigenvalue weighted by Gasteiger charge is -2.27. The van der Waals surface area contributed by atoms with Crippen LogP contribution in [0.15, 0.2) is 0 Å². The molecular weight excluding hydrogens is 250 g/mol. The first kappa shape index (κ1) is 14.7. The first-order valence-electron chi connectivity index (χ1n) is 4.11. The standard InChI is InChI=1S/C7H15Cl2O4P/c1-7(2,10)14(11,12-5-3-8)13-6-4-9/h10H,3-6H2,1-2H3. The van der Waals surface area contributed by atoms with Crippen molar-refractivity contribution < 1.29 is 18.7 Å². The molecule has 0 radical (unpaired) electrons. The molecule has 1 N–H and O–H groups in total. The molecule has 0 aliphatic rings. The third kappa shape index (κ3) is 4.47. The molecule has 0 saturated heterocycles. The summed E-state index contributed by atoms with van der Waals surface area (Å²) in [5.41, 5.74) is 0. The van der Waals surface area contributed by atoms with Gasteiger partial charge in [-0.3, -0.25) is 4.57 Å². The van der Waals surface area contributed by atoms with Crippen LogP contribution >= 0.6 is 30.8 Å². The molecule has 0 rings (SSSR count). The molecule has 0 aromatic rings. The van der Waals surface area contributed by atoms with Gasteiger partial charge in [-0.2, -0.15) is 0 Å². The Labute approximate surface area is 94.0 Å². The molecule has 0 atom stereocenters. The largest absolute Gasteiger partial charge is 0.378 e. The van der Waals surface area contributed by atoms with Gasteiger partial charge in [-0.15, -0.1) is 23.2 Å². The molecule has 0 aliphatic heterocycles. The van der Waals surface area contributed by atoms with Crippen LogP contribution in [-0.4, -0.2) is 35.4 Å². The van der Waals surface area contributed by atoms with Gasteiger partial charge in [0.2, 0.25) is 0 Å². The predicted octanol–water partition coefficient (Wildman–Crippen LogP) is 2.42. The molecule has 0 saturated carbocycles. The van der Waals surface area contributed by atoms with Crippen molar-refractivity contribution in [2.45, 2.75) is 19.2 Å². The van der Waals surface area contributed by atoms with Gasteiger partial charge in [0.15, 0.2) is 5.34 Å². The highest BCUT2D eigenvalue weighted by molar-refractivity contribution is 7.55. The van der Waals surface area contributed by atoms with Crippen LogP contribution in [-0.2, 0) is 13.6 Å². The van der Waals surface area contributed by atoms with Crippen molar-refractivity contribution in [2.24, 2.45) is 0 Å². The van der Waals surface area contributed by atoms with Gasteiger partial charge >= 0.3 is 7.60 Å². The van der Waals surface area contributed by atoms with Gasteiger partial charge in [0.25, 0.3) is 0 Å². The smallest absolute Gasteiger partial charge is 0.361 e. The lowest BCUT2D eigenvalue weighted by atomic mass is 10.5. The van der Waals surface area contributed by atoms with Crippen molar-refractivity contribution >= 4 is 30.8 Å². The summed E-state index contributed by atoms with van der Waals surface area (Å²) in [6.07, 6.45) is 0. The topological polar surface area (TPSA) is 55.8 Å². The third-order valence-corrected chi connectivity index (χ3v) is 4.04. The molecular formula is C7H15Cl2O4P. The van der Waals surface area contributed by atoms with Crippen molar-refractivity contribution in [3.8, 4) is 0 Å². The zero-order valence-electron chi connectivity index (χ0n) is 8.20. The fourth-order valence-corrected chi connectivity index (χ4v) is 2.40. The molecule has 4 nitrogen and oxygen atoms in total. The maximum absolute atomic E-state index is 11.9. The zero-order chi connectivity index (χ0) is 11.2. The summed E-state index contributed by atoms with van der Waals surface area (Å²) in [6, 6.07) is 0. The first-order valence-corrected chi connectivity index (χ1v) is 6.72. The fraction of sp³-hybridized carbons (Fsp3) is 1.00. The lowest BCUT2D eigenvalue weighted by Crippen LogP contribution is -2.23. The van der Waals surface area contributed by atoms with Crippen LogP contribution in [0.4, 0.5) is 0 Å². The van der Waals surface area contributed by atoms with E-state index >= 15 is 0 Å². The van der Waals surface area contributed by atoms with Gasteiger partial charge in [0.1, 0.15) is 0 Å². The molecule has 0 fully saturated rings. The molecule has 0 heterocycles. The highest BCUT2D eigenvalue weighted by atomic mass is 35.5. The van der Waals surface area contributed by atoms with Gasteiger partial charge in [-0.25, -0.2) is 0 Å². The van der Waals surface area contributed by atoms with E-state index in [1.54, 1.807) is 0 Å². The molecule has 86 valence electrons. The predicted molar refractivity (Wildman–Crippen MR) is 57.2 cm³/mol. The Morgan fingerprint density at radius 2 is 1.57 bits per heavy atom. The molecule has 0 amide bonds. The highest BCUT2D eigenvalue weighted by Gasteiger charge is 2.41. The van der Waals surface area contributed by atoms with E-state index in [9.17, 15) is 9.67 Å². The average molecular weight is 265 g/mol. The Bertz CT molecular complexity index is 192. The van der Waals surface area contributed by atoms with E-state index in [0.717, 1.165) is 0 Å². The van der Waals surface area contributed by atoms with Crippen molar-refractivity contribution in [1.29, 1.82) is 0 Å². The maximum atomic E-state index is 11.9. The Morgan fingerprint density at radius 3 is 1.79 bits per heavy atom. The monoisotopic (exact) mass is 264 g/mol. The SMILES string of the molecule is CC(C)(O)P(=O)(OCCCl)OCCCl. The van der Waals surface area contributed by atoms with Crippen molar-refractivity contribution in [3.63, 3.8) is 0 Å². The van der Waals surface area contributed by atoms with Gasteiger partial charge in [-0.1, -0.05) is 0 Å². The second-order valence-corrected chi connectivity index (χ2v) is 6.40. The van der Waals surface area contributed by atoms with Crippen molar-refractivity contribution in [3.05, 3.63) is 0 Å². The molecule has 0 aromatic heterocycles. The van der Waals surface area contributed by atoms with E-state index in [0.29, 0.717) is 0 Å². The second-order valence-electron chi connectivity index (χ2n) is 3.04. The summed E-state index contributed by atoms with van der Waals surface area (Å²) in [7, 11) is -3.55. The van der Waals surface area contributed by atoms with E-state index < -0.39 is 12.9 Å². The summed E-state index contributed by atoms with van der Waals surface area (Å²) in [6.45, 7) is 2.84. The van der Waals surface area contributed by atoms with E-state index in [2.05, 4.69) is 0 Å². The lowest BCUT2D eigenvalue weighted by molar-refractivity contribution is 0.0961. The van der Waals surface area contributed by atoms with Crippen LogP contribution in [0.1, 0.15) is 13.8 Å². The first-order chi connectivity index (χ1) is 6.37. The number of rotatable bonds is 7. The molecule has 0 unspecified atom stereocenters. The van der Waals surface area contributed by atoms with Crippen molar-refractivity contribution in [2.75, 3.05) is 25.0 Å². The van der Waals surface area contributed by atoms with Gasteiger partial charge in [-0.05, 0) is 13.8 Å². The van der Waals surface area contributed by atoms with Crippen molar-refractivity contribution in [1.82, 2.24) is 0 Å². The van der Waals surface area contributed by atoms with Crippen LogP contribution in [0.2, 0.25) is 0 Å². The minimum absolute atomic E-state index is 0.0606.